The van der Waals surface area contributed by atoms with Crippen molar-refractivity contribution >= 4 is 5.78 Å². The zero-order chi connectivity index (χ0) is 16.8. The molecule has 1 aromatic carbocycles. The third-order valence-electron chi connectivity index (χ3n) is 4.41. The summed E-state index contributed by atoms with van der Waals surface area (Å²) in [4.78, 5) is 11.7. The van der Waals surface area contributed by atoms with Gasteiger partial charge in [-0.2, -0.15) is 4.73 Å². The number of carbonyl (C=O) groups excluding carboxylic acids is 1. The maximum atomic E-state index is 12.4. The second-order valence-electron chi connectivity index (χ2n) is 6.83. The van der Waals surface area contributed by atoms with Crippen LogP contribution in [0, 0.1) is 12.1 Å². The molecule has 0 fully saturated rings. The topological polar surface area (TPSA) is 53.2 Å². The Kier molecular flexibility index (Phi) is 3.63. The molecule has 3 rings (SSSR count). The highest BCUT2D eigenvalue weighted by Gasteiger charge is 2.39. The van der Waals surface area contributed by atoms with Crippen molar-refractivity contribution in [2.24, 2.45) is 0 Å². The minimum atomic E-state index is -0.370. The van der Waals surface area contributed by atoms with Crippen molar-refractivity contribution in [2.45, 2.75) is 45.6 Å². The molecule has 0 saturated heterocycles. The van der Waals surface area contributed by atoms with E-state index < -0.39 is 0 Å². The van der Waals surface area contributed by atoms with Crippen molar-refractivity contribution in [1.29, 1.82) is 0 Å². The van der Waals surface area contributed by atoms with Gasteiger partial charge in [-0.15, -0.1) is 0 Å². The smallest absolute Gasteiger partial charge is 0.203 e. The van der Waals surface area contributed by atoms with E-state index in [1.54, 1.807) is 19.1 Å². The van der Waals surface area contributed by atoms with Crippen molar-refractivity contribution in [2.75, 3.05) is 0 Å². The van der Waals surface area contributed by atoms with Crippen molar-refractivity contribution in [1.82, 2.24) is 0 Å². The molecule has 0 amide bonds. The molecule has 0 saturated carbocycles. The molecule has 0 bridgehead atoms. The molecule has 4 nitrogen and oxygen atoms in total. The monoisotopic (exact) mass is 311 g/mol. The molecule has 1 aliphatic rings. The lowest BCUT2D eigenvalue weighted by Gasteiger charge is -2.37. The first-order valence-corrected chi connectivity index (χ1v) is 7.81. The van der Waals surface area contributed by atoms with Crippen LogP contribution in [0.25, 0.3) is 0 Å². The number of ether oxygens (including phenoxy) is 1. The molecule has 1 aromatic heterocycles. The number of carbonyl (C=O) groups is 1. The lowest BCUT2D eigenvalue weighted by molar-refractivity contribution is -0.615. The molecular weight excluding hydrogens is 290 g/mol. The number of hydrogen-bond acceptors (Lipinski definition) is 3. The normalized spacial score (nSPS) is 18.9. The van der Waals surface area contributed by atoms with E-state index >= 15 is 0 Å². The van der Waals surface area contributed by atoms with Crippen LogP contribution in [0.15, 0.2) is 36.5 Å². The molecule has 0 radical (unpaired) electrons. The maximum absolute atomic E-state index is 12.4. The maximum Gasteiger partial charge on any atom is 0.203 e. The number of aromatic nitrogens is 1. The minimum Gasteiger partial charge on any atom is -0.618 e. The average Bonchev–Trinajstić information content (AvgIpc) is 2.45. The Labute approximate surface area is 136 Å². The number of nitrogens with zero attached hydrogens (tertiary/aromatic N) is 1. The lowest BCUT2D eigenvalue weighted by atomic mass is 9.80. The van der Waals surface area contributed by atoms with Gasteiger partial charge in [-0.25, -0.2) is 0 Å². The summed E-state index contributed by atoms with van der Waals surface area (Å²) in [6.07, 6.45) is 2.22. The van der Waals surface area contributed by atoms with Crippen LogP contribution in [-0.2, 0) is 0 Å². The SMILES string of the molecule is CC(=O)c1ccc2c(c1)C(c1c(C)ccc[n+]1[O-])CC(C)(C)O2. The molecule has 120 valence electrons. The van der Waals surface area contributed by atoms with Crippen LogP contribution in [0.5, 0.6) is 5.75 Å². The molecule has 1 unspecified atom stereocenters. The Morgan fingerprint density at radius 1 is 1.35 bits per heavy atom. The van der Waals surface area contributed by atoms with Crippen LogP contribution < -0.4 is 9.47 Å². The summed E-state index contributed by atoms with van der Waals surface area (Å²) in [6.45, 7) is 7.54. The van der Waals surface area contributed by atoms with Gasteiger partial charge >= 0.3 is 0 Å². The Bertz CT molecular complexity index is 760. The number of rotatable bonds is 2. The second-order valence-corrected chi connectivity index (χ2v) is 6.83. The predicted molar refractivity (Wildman–Crippen MR) is 87.8 cm³/mol. The Morgan fingerprint density at radius 2 is 2.09 bits per heavy atom. The molecule has 1 atom stereocenters. The predicted octanol–water partition coefficient (Wildman–Crippen LogP) is 3.52. The summed E-state index contributed by atoms with van der Waals surface area (Å²) >= 11 is 0. The van der Waals surface area contributed by atoms with Crippen LogP contribution in [0.2, 0.25) is 0 Å². The molecule has 2 heterocycles. The van der Waals surface area contributed by atoms with Crippen molar-refractivity contribution in [3.05, 3.63) is 64.1 Å². The zero-order valence-electron chi connectivity index (χ0n) is 13.9. The number of fused-ring (bicyclic) bond motifs is 1. The molecule has 4 heteroatoms. The fourth-order valence-electron chi connectivity index (χ4n) is 3.35. The summed E-state index contributed by atoms with van der Waals surface area (Å²) in [5, 5.41) is 12.4. The third-order valence-corrected chi connectivity index (χ3v) is 4.41. The van der Waals surface area contributed by atoms with E-state index in [1.165, 1.54) is 6.20 Å². The van der Waals surface area contributed by atoms with Crippen LogP contribution in [0.4, 0.5) is 0 Å². The van der Waals surface area contributed by atoms with Crippen molar-refractivity contribution < 1.29 is 14.3 Å². The van der Waals surface area contributed by atoms with Crippen LogP contribution in [0.3, 0.4) is 0 Å². The number of benzene rings is 1. The summed E-state index contributed by atoms with van der Waals surface area (Å²) in [6, 6.07) is 9.18. The van der Waals surface area contributed by atoms with Gasteiger partial charge in [0.15, 0.2) is 12.0 Å². The summed E-state index contributed by atoms with van der Waals surface area (Å²) in [5.74, 6) is 0.669. The molecule has 1 aliphatic heterocycles. The quantitative estimate of drug-likeness (QED) is 0.484. The third kappa shape index (κ3) is 2.81. The number of aryl methyl sites for hydroxylation is 1. The van der Waals surface area contributed by atoms with Gasteiger partial charge in [0, 0.05) is 29.2 Å². The number of pyridine rings is 1. The zero-order valence-corrected chi connectivity index (χ0v) is 13.9. The highest BCUT2D eigenvalue weighted by Crippen LogP contribution is 2.44. The van der Waals surface area contributed by atoms with Gasteiger partial charge < -0.3 is 9.94 Å². The van der Waals surface area contributed by atoms with Gasteiger partial charge in [0.25, 0.3) is 0 Å². The second kappa shape index (κ2) is 5.37. The highest BCUT2D eigenvalue weighted by atomic mass is 16.5. The summed E-state index contributed by atoms with van der Waals surface area (Å²) in [7, 11) is 0. The van der Waals surface area contributed by atoms with Gasteiger partial charge in [-0.3, -0.25) is 4.79 Å². The Morgan fingerprint density at radius 3 is 2.74 bits per heavy atom. The van der Waals surface area contributed by atoms with Gasteiger partial charge in [0.2, 0.25) is 5.69 Å². The van der Waals surface area contributed by atoms with E-state index in [0.717, 1.165) is 27.3 Å². The first-order chi connectivity index (χ1) is 10.8. The van der Waals surface area contributed by atoms with Gasteiger partial charge in [-0.1, -0.05) is 0 Å². The Hall–Kier alpha value is -2.36. The lowest BCUT2D eigenvalue weighted by Crippen LogP contribution is -2.41. The molecule has 23 heavy (non-hydrogen) atoms. The van der Waals surface area contributed by atoms with Gasteiger partial charge in [-0.05, 0) is 52.0 Å². The van der Waals surface area contributed by atoms with Crippen LogP contribution in [-0.4, -0.2) is 11.4 Å². The number of hydrogen-bond donors (Lipinski definition) is 0. The first-order valence-electron chi connectivity index (χ1n) is 7.81. The Balaban J connectivity index is 2.22. The number of Topliss-reactive ketones (excluding diaryl/α,β-unsaturated/α-hetero) is 1. The van der Waals surface area contributed by atoms with E-state index in [2.05, 4.69) is 0 Å². The fourth-order valence-corrected chi connectivity index (χ4v) is 3.35. The van der Waals surface area contributed by atoms with E-state index in [1.807, 2.05) is 39.0 Å². The van der Waals surface area contributed by atoms with Gasteiger partial charge in [0.05, 0.1) is 5.92 Å². The highest BCUT2D eigenvalue weighted by molar-refractivity contribution is 5.94. The van der Waals surface area contributed by atoms with Crippen molar-refractivity contribution in [3.63, 3.8) is 0 Å². The number of ketones is 1. The minimum absolute atomic E-state index is 0.0103. The molecular formula is C19H21NO3. The molecule has 0 aliphatic carbocycles. The van der Waals surface area contributed by atoms with E-state index in [-0.39, 0.29) is 17.3 Å². The first kappa shape index (κ1) is 15.5. The van der Waals surface area contributed by atoms with Crippen LogP contribution in [0.1, 0.15) is 60.3 Å². The van der Waals surface area contributed by atoms with Crippen molar-refractivity contribution in [3.8, 4) is 5.75 Å². The summed E-state index contributed by atoms with van der Waals surface area (Å²) < 4.78 is 7.00. The summed E-state index contributed by atoms with van der Waals surface area (Å²) in [5.41, 5.74) is 2.86. The fraction of sp³-hybridized carbons (Fsp3) is 0.368. The van der Waals surface area contributed by atoms with E-state index in [0.29, 0.717) is 12.0 Å². The van der Waals surface area contributed by atoms with Crippen LogP contribution >= 0.6 is 0 Å². The van der Waals surface area contributed by atoms with E-state index in [9.17, 15) is 10.0 Å². The average molecular weight is 311 g/mol. The van der Waals surface area contributed by atoms with E-state index in [4.69, 9.17) is 4.74 Å². The molecule has 2 aromatic rings. The largest absolute Gasteiger partial charge is 0.618 e. The standard InChI is InChI=1S/C19H21NO3/c1-12-6-5-9-20(22)18(12)16-11-19(3,4)23-17-8-7-14(13(2)21)10-15(16)17/h5-10,16H,11H2,1-4H3. The molecule has 0 spiro atoms. The molecule has 0 N–H and O–H groups in total. The van der Waals surface area contributed by atoms with Gasteiger partial charge in [0.1, 0.15) is 11.4 Å².